The van der Waals surface area contributed by atoms with E-state index in [1.54, 1.807) is 0 Å². The summed E-state index contributed by atoms with van der Waals surface area (Å²) >= 11 is 11.4. The lowest BCUT2D eigenvalue weighted by atomic mass is 10.4. The number of aliphatic carboxylic acids is 1. The average Bonchev–Trinajstić information content (AvgIpc) is 2.36. The molecule has 0 bridgehead atoms. The van der Waals surface area contributed by atoms with Crippen LogP contribution in [0.25, 0.3) is 0 Å². The number of alkyl halides is 3. The second-order valence-electron chi connectivity index (χ2n) is 4.15. The number of benzene rings is 1. The van der Waals surface area contributed by atoms with Crippen LogP contribution in [-0.4, -0.2) is 43.1 Å². The summed E-state index contributed by atoms with van der Waals surface area (Å²) in [5.74, 6) is -1.43. The van der Waals surface area contributed by atoms with Gasteiger partial charge in [-0.05, 0) is 12.1 Å². The summed E-state index contributed by atoms with van der Waals surface area (Å²) in [6.45, 7) is -2.68. The Balaban J connectivity index is 3.25. The number of nitrogens with zero attached hydrogens (tertiary/aromatic N) is 1. The van der Waals surface area contributed by atoms with Gasteiger partial charge in [-0.25, -0.2) is 8.42 Å². The van der Waals surface area contributed by atoms with Crippen LogP contribution in [0.1, 0.15) is 6.42 Å². The summed E-state index contributed by atoms with van der Waals surface area (Å²) in [6.07, 6.45) is -5.62. The maximum Gasteiger partial charge on any atom is 0.402 e. The maximum absolute atomic E-state index is 12.5. The number of carboxylic acid groups (broad SMARTS) is 1. The minimum atomic E-state index is -4.84. The Hall–Kier alpha value is -1.03. The van der Waals surface area contributed by atoms with E-state index in [9.17, 15) is 26.4 Å². The number of sulfonamides is 1. The lowest BCUT2D eigenvalue weighted by molar-refractivity contribution is -0.142. The fourth-order valence-corrected chi connectivity index (χ4v) is 3.69. The summed E-state index contributed by atoms with van der Waals surface area (Å²) < 4.78 is 62.2. The maximum atomic E-state index is 12.5. The standard InChI is InChI=1S/C11H10Cl2F3NO4S/c12-7-2-1-3-8(10(7)13)22(20,21)17(5-4-9(18)19)6-11(14,15)16/h1-3H,4-6H2,(H,18,19). The molecule has 1 aromatic rings. The number of hydrogen-bond donors (Lipinski definition) is 1. The summed E-state index contributed by atoms with van der Waals surface area (Å²) in [5, 5.41) is 7.98. The smallest absolute Gasteiger partial charge is 0.402 e. The van der Waals surface area contributed by atoms with Gasteiger partial charge in [0, 0.05) is 6.54 Å². The van der Waals surface area contributed by atoms with Gasteiger partial charge in [-0.2, -0.15) is 17.5 Å². The van der Waals surface area contributed by atoms with Gasteiger partial charge in [-0.15, -0.1) is 0 Å². The van der Waals surface area contributed by atoms with Crippen molar-refractivity contribution in [2.45, 2.75) is 17.5 Å². The molecule has 0 heterocycles. The highest BCUT2D eigenvalue weighted by molar-refractivity contribution is 7.89. The normalized spacial score (nSPS) is 12.6. The monoisotopic (exact) mass is 379 g/mol. The van der Waals surface area contributed by atoms with Crippen LogP contribution in [0.5, 0.6) is 0 Å². The van der Waals surface area contributed by atoms with Crippen molar-refractivity contribution in [1.29, 1.82) is 0 Å². The lowest BCUT2D eigenvalue weighted by Gasteiger charge is -2.23. The Morgan fingerprint density at radius 1 is 1.27 bits per heavy atom. The molecule has 0 unspecified atom stereocenters. The zero-order chi connectivity index (χ0) is 17.1. The highest BCUT2D eigenvalue weighted by Crippen LogP contribution is 2.32. The van der Waals surface area contributed by atoms with Crippen LogP contribution in [0.2, 0.25) is 10.0 Å². The van der Waals surface area contributed by atoms with E-state index in [1.165, 1.54) is 12.1 Å². The van der Waals surface area contributed by atoms with Crippen LogP contribution < -0.4 is 0 Å². The molecular weight excluding hydrogens is 370 g/mol. The predicted molar refractivity (Wildman–Crippen MR) is 73.5 cm³/mol. The lowest BCUT2D eigenvalue weighted by Crippen LogP contribution is -2.40. The molecule has 1 aromatic carbocycles. The Bertz CT molecular complexity index is 664. The molecule has 0 saturated heterocycles. The van der Waals surface area contributed by atoms with Crippen molar-refractivity contribution in [3.63, 3.8) is 0 Å². The SMILES string of the molecule is O=C(O)CCN(CC(F)(F)F)S(=O)(=O)c1cccc(Cl)c1Cl. The van der Waals surface area contributed by atoms with Crippen molar-refractivity contribution in [3.8, 4) is 0 Å². The van der Waals surface area contributed by atoms with E-state index in [1.807, 2.05) is 0 Å². The van der Waals surface area contributed by atoms with Crippen molar-refractivity contribution in [2.24, 2.45) is 0 Å². The van der Waals surface area contributed by atoms with E-state index in [-0.39, 0.29) is 9.33 Å². The second kappa shape index (κ2) is 7.03. The van der Waals surface area contributed by atoms with E-state index in [0.29, 0.717) is 0 Å². The van der Waals surface area contributed by atoms with Gasteiger partial charge >= 0.3 is 12.1 Å². The fraction of sp³-hybridized carbons (Fsp3) is 0.364. The molecule has 0 aliphatic rings. The number of halogens is 5. The molecular formula is C11H10Cl2F3NO4S. The highest BCUT2D eigenvalue weighted by Gasteiger charge is 2.38. The van der Waals surface area contributed by atoms with Crippen molar-refractivity contribution in [2.75, 3.05) is 13.1 Å². The topological polar surface area (TPSA) is 74.7 Å². The molecule has 0 amide bonds. The van der Waals surface area contributed by atoms with Gasteiger partial charge in [0.25, 0.3) is 0 Å². The zero-order valence-corrected chi connectivity index (χ0v) is 13.1. The summed E-state index contributed by atoms with van der Waals surface area (Å²) in [5.41, 5.74) is 0. The molecule has 0 aliphatic heterocycles. The summed E-state index contributed by atoms with van der Waals surface area (Å²) in [7, 11) is -4.65. The fourth-order valence-electron chi connectivity index (χ4n) is 1.53. The van der Waals surface area contributed by atoms with Crippen molar-refractivity contribution >= 4 is 39.2 Å². The quantitative estimate of drug-likeness (QED) is 0.824. The highest BCUT2D eigenvalue weighted by atomic mass is 35.5. The Labute approximate surface area is 134 Å². The first-order valence-corrected chi connectivity index (χ1v) is 7.87. The molecule has 0 radical (unpaired) electrons. The number of rotatable bonds is 6. The van der Waals surface area contributed by atoms with Crippen LogP contribution in [0.15, 0.2) is 23.1 Å². The second-order valence-corrected chi connectivity index (χ2v) is 6.84. The van der Waals surface area contributed by atoms with Gasteiger partial charge in [0.2, 0.25) is 10.0 Å². The first kappa shape index (κ1) is 19.0. The van der Waals surface area contributed by atoms with E-state index in [2.05, 4.69) is 0 Å². The van der Waals surface area contributed by atoms with Crippen molar-refractivity contribution < 1.29 is 31.5 Å². The Morgan fingerprint density at radius 2 is 1.86 bits per heavy atom. The third kappa shape index (κ3) is 5.01. The van der Waals surface area contributed by atoms with Crippen molar-refractivity contribution in [3.05, 3.63) is 28.2 Å². The van der Waals surface area contributed by atoms with E-state index >= 15 is 0 Å². The van der Waals surface area contributed by atoms with E-state index < -0.39 is 51.6 Å². The van der Waals surface area contributed by atoms with Crippen LogP contribution in [-0.2, 0) is 14.8 Å². The minimum Gasteiger partial charge on any atom is -0.481 e. The first-order valence-electron chi connectivity index (χ1n) is 5.68. The molecule has 0 aliphatic carbocycles. The molecule has 0 spiro atoms. The van der Waals surface area contributed by atoms with Gasteiger partial charge < -0.3 is 5.11 Å². The van der Waals surface area contributed by atoms with Crippen molar-refractivity contribution in [1.82, 2.24) is 4.31 Å². The van der Waals surface area contributed by atoms with Gasteiger partial charge in [0.1, 0.15) is 11.4 Å². The molecule has 22 heavy (non-hydrogen) atoms. The molecule has 11 heteroatoms. The molecule has 0 saturated carbocycles. The third-order valence-corrected chi connectivity index (χ3v) is 5.28. The minimum absolute atomic E-state index is 0.0126. The van der Waals surface area contributed by atoms with Gasteiger partial charge in [-0.3, -0.25) is 4.79 Å². The van der Waals surface area contributed by atoms with E-state index in [4.69, 9.17) is 28.3 Å². The average molecular weight is 380 g/mol. The third-order valence-electron chi connectivity index (χ3n) is 2.46. The van der Waals surface area contributed by atoms with Gasteiger partial charge in [0.15, 0.2) is 0 Å². The molecule has 0 fully saturated rings. The number of hydrogen-bond acceptors (Lipinski definition) is 3. The largest absolute Gasteiger partial charge is 0.481 e. The number of carbonyl (C=O) groups is 1. The molecule has 1 rings (SSSR count). The first-order chi connectivity index (χ1) is 9.95. The zero-order valence-electron chi connectivity index (χ0n) is 10.8. The molecule has 0 atom stereocenters. The van der Waals surface area contributed by atoms with Gasteiger partial charge in [0.05, 0.1) is 16.5 Å². The van der Waals surface area contributed by atoms with Crippen LogP contribution in [0, 0.1) is 0 Å². The predicted octanol–water partition coefficient (Wildman–Crippen LogP) is 3.02. The molecule has 5 nitrogen and oxygen atoms in total. The molecule has 0 aromatic heterocycles. The Morgan fingerprint density at radius 3 is 2.36 bits per heavy atom. The Kier molecular flexibility index (Phi) is 6.08. The molecule has 124 valence electrons. The van der Waals surface area contributed by atoms with Crippen LogP contribution in [0.3, 0.4) is 0 Å². The van der Waals surface area contributed by atoms with Crippen LogP contribution >= 0.6 is 23.2 Å². The molecule has 1 N–H and O–H groups in total. The summed E-state index contributed by atoms with van der Waals surface area (Å²) in [6, 6.07) is 3.48. The van der Waals surface area contributed by atoms with E-state index in [0.717, 1.165) is 6.07 Å². The van der Waals surface area contributed by atoms with Crippen LogP contribution in [0.4, 0.5) is 13.2 Å². The van der Waals surface area contributed by atoms with Gasteiger partial charge in [-0.1, -0.05) is 29.3 Å². The summed E-state index contributed by atoms with van der Waals surface area (Å²) in [4.78, 5) is 9.89. The number of carboxylic acids is 1.